The fourth-order valence-corrected chi connectivity index (χ4v) is 12.6. The number of fused-ring (bicyclic) bond motifs is 7. The van der Waals surface area contributed by atoms with Gasteiger partial charge in [-0.05, 0) is 152 Å². The molecule has 0 N–H and O–H groups in total. The summed E-state index contributed by atoms with van der Waals surface area (Å²) >= 11 is 1.97. The summed E-state index contributed by atoms with van der Waals surface area (Å²) in [5.41, 5.74) is 18.6. The molecule has 1 aromatic heterocycles. The third-order valence-corrected chi connectivity index (χ3v) is 14.6. The molecule has 4 aromatic carbocycles. The molecule has 10 rings (SSSR count). The summed E-state index contributed by atoms with van der Waals surface area (Å²) in [6, 6.07) is 33.0. The van der Waals surface area contributed by atoms with Crippen LogP contribution in [0, 0.1) is 23.7 Å². The van der Waals surface area contributed by atoms with Crippen LogP contribution in [-0.4, -0.2) is 6.04 Å². The van der Waals surface area contributed by atoms with Gasteiger partial charge in [-0.2, -0.15) is 0 Å². The van der Waals surface area contributed by atoms with Crippen LogP contribution in [0.25, 0.3) is 25.7 Å². The number of thiophene rings is 1. The molecule has 52 heavy (non-hydrogen) atoms. The zero-order chi connectivity index (χ0) is 34.6. The van der Waals surface area contributed by atoms with E-state index < -0.39 is 0 Å². The molecule has 1 nitrogen and oxygen atoms in total. The maximum atomic E-state index is 3.41. The minimum absolute atomic E-state index is 0.419. The van der Waals surface area contributed by atoms with Gasteiger partial charge in [-0.15, -0.1) is 11.3 Å². The third kappa shape index (κ3) is 5.35. The highest BCUT2D eigenvalue weighted by molar-refractivity contribution is 7.26. The first kappa shape index (κ1) is 32.1. The zero-order valence-electron chi connectivity index (χ0n) is 30.2. The van der Waals surface area contributed by atoms with Crippen molar-refractivity contribution in [1.29, 1.82) is 0 Å². The second-order valence-corrected chi connectivity index (χ2v) is 17.0. The standard InChI is InChI=1S/C50H47NS/c1-2-3-4-5-15-33-16-7-10-25-47(33)51(48-26-14-24-44-43-19-9-11-27-49(43)52-50(44)48)36-28-29-38-35(31-36)30-34-17-6-8-18-37(34)39-20-12-22-41-42-23-13-21-40(38)46(42)32-45(39)41/h2-5,7,9-12,14,16-20,22,24-27,35-36,38,40,42,46H,13,15,21,23,28-32H2,1H3/b3-2-,5-4-. The first-order chi connectivity index (χ1) is 25.8. The lowest BCUT2D eigenvalue weighted by Gasteiger charge is -2.49. The molecule has 5 aliphatic rings. The second kappa shape index (κ2) is 13.4. The van der Waals surface area contributed by atoms with E-state index in [0.717, 1.165) is 36.5 Å². The van der Waals surface area contributed by atoms with Crippen molar-refractivity contribution in [3.05, 3.63) is 161 Å². The summed E-state index contributed by atoms with van der Waals surface area (Å²) in [7, 11) is 0. The molecule has 2 saturated carbocycles. The molecule has 0 radical (unpaired) electrons. The quantitative estimate of drug-likeness (QED) is 0.126. The van der Waals surface area contributed by atoms with E-state index >= 15 is 0 Å². The molecular weight excluding hydrogens is 647 g/mol. The minimum atomic E-state index is 0.419. The van der Waals surface area contributed by atoms with E-state index in [1.165, 1.54) is 98.8 Å². The third-order valence-electron chi connectivity index (χ3n) is 13.4. The van der Waals surface area contributed by atoms with Crippen molar-refractivity contribution >= 4 is 48.5 Å². The number of benzene rings is 4. The summed E-state index contributed by atoms with van der Waals surface area (Å²) in [5.74, 6) is 3.73. The Bertz CT molecular complexity index is 2390. The molecule has 258 valence electrons. The van der Waals surface area contributed by atoms with Gasteiger partial charge in [-0.25, -0.2) is 0 Å². The molecule has 2 fully saturated rings. The number of nitrogens with zero attached hydrogens (tertiary/aromatic N) is 1. The summed E-state index contributed by atoms with van der Waals surface area (Å²) in [6.45, 7) is 2.09. The van der Waals surface area contributed by atoms with Crippen LogP contribution in [0.5, 0.6) is 0 Å². The van der Waals surface area contributed by atoms with Crippen molar-refractivity contribution in [2.24, 2.45) is 23.7 Å². The van der Waals surface area contributed by atoms with Crippen LogP contribution in [0.3, 0.4) is 0 Å². The zero-order valence-corrected chi connectivity index (χ0v) is 31.0. The molecule has 0 amide bonds. The van der Waals surface area contributed by atoms with Gasteiger partial charge in [-0.3, -0.25) is 0 Å². The number of para-hydroxylation sites is 1. The normalized spacial score (nSPS) is 26.1. The van der Waals surface area contributed by atoms with Gasteiger partial charge < -0.3 is 4.90 Å². The first-order valence-electron chi connectivity index (χ1n) is 19.8. The van der Waals surface area contributed by atoms with E-state index in [2.05, 4.69) is 145 Å². The molecular formula is C50H47NS. The van der Waals surface area contributed by atoms with Gasteiger partial charge in [0.05, 0.1) is 10.4 Å². The fraction of sp³-hybridized carbons (Fsp3) is 0.320. The summed E-state index contributed by atoms with van der Waals surface area (Å²) in [6.07, 6.45) is 24.6. The van der Waals surface area contributed by atoms with Crippen LogP contribution in [0.2, 0.25) is 0 Å². The fourth-order valence-electron chi connectivity index (χ4n) is 11.3. The van der Waals surface area contributed by atoms with Crippen LogP contribution in [0.15, 0.2) is 138 Å². The Morgan fingerprint density at radius 3 is 2.56 bits per heavy atom. The van der Waals surface area contributed by atoms with Crippen molar-refractivity contribution in [1.82, 2.24) is 0 Å². The molecule has 1 heterocycles. The van der Waals surface area contributed by atoms with Crippen LogP contribution < -0.4 is 4.90 Å². The van der Waals surface area contributed by atoms with Gasteiger partial charge in [0, 0.05) is 27.2 Å². The average molecular weight is 694 g/mol. The van der Waals surface area contributed by atoms with Gasteiger partial charge in [0.2, 0.25) is 0 Å². The van der Waals surface area contributed by atoms with Crippen LogP contribution in [0.1, 0.15) is 80.0 Å². The van der Waals surface area contributed by atoms with Crippen LogP contribution in [-0.2, 0) is 12.8 Å². The molecule has 0 aliphatic heterocycles. The van der Waals surface area contributed by atoms with E-state index in [4.69, 9.17) is 0 Å². The van der Waals surface area contributed by atoms with E-state index in [1.54, 1.807) is 11.1 Å². The number of hydrogen-bond donors (Lipinski definition) is 0. The predicted octanol–water partition coefficient (Wildman–Crippen LogP) is 13.4. The molecule has 5 aliphatic carbocycles. The van der Waals surface area contributed by atoms with Crippen molar-refractivity contribution < 1.29 is 0 Å². The summed E-state index contributed by atoms with van der Waals surface area (Å²) < 4.78 is 2.79. The monoisotopic (exact) mass is 693 g/mol. The highest BCUT2D eigenvalue weighted by atomic mass is 32.1. The lowest BCUT2D eigenvalue weighted by Crippen LogP contribution is -2.43. The molecule has 5 aromatic rings. The van der Waals surface area contributed by atoms with Crippen molar-refractivity contribution in [2.45, 2.75) is 76.7 Å². The number of rotatable bonds is 6. The SMILES string of the molecule is C/C=C\C=C/Cc1ccccc1N(c1cccc2c1sc1ccccc12)C1CCC2C(CC3=C(C=C=C=C3)c3cccc4c3CC3C4CCCC23)C1. The van der Waals surface area contributed by atoms with Crippen molar-refractivity contribution in [2.75, 3.05) is 4.90 Å². The second-order valence-electron chi connectivity index (χ2n) is 16.0. The lowest BCUT2D eigenvalue weighted by atomic mass is 9.59. The Kier molecular flexibility index (Phi) is 8.29. The molecule has 6 atom stereocenters. The van der Waals surface area contributed by atoms with Crippen LogP contribution >= 0.6 is 11.3 Å². The molecule has 2 heteroatoms. The molecule has 2 bridgehead atoms. The lowest BCUT2D eigenvalue weighted by molar-refractivity contribution is 0.0692. The maximum absolute atomic E-state index is 3.41. The first-order valence-corrected chi connectivity index (χ1v) is 20.7. The summed E-state index contributed by atoms with van der Waals surface area (Å²) in [4.78, 5) is 2.82. The van der Waals surface area contributed by atoms with Gasteiger partial charge in [0.1, 0.15) is 0 Å². The molecule has 0 saturated heterocycles. The highest BCUT2D eigenvalue weighted by Gasteiger charge is 2.48. The van der Waals surface area contributed by atoms with Gasteiger partial charge in [-0.1, -0.05) is 109 Å². The average Bonchev–Trinajstić information content (AvgIpc) is 3.77. The van der Waals surface area contributed by atoms with Crippen LogP contribution in [0.4, 0.5) is 11.4 Å². The summed E-state index contributed by atoms with van der Waals surface area (Å²) in [5, 5.41) is 2.76. The van der Waals surface area contributed by atoms with Gasteiger partial charge in [0.25, 0.3) is 0 Å². The largest absolute Gasteiger partial charge is 0.337 e. The molecule has 6 unspecified atom stereocenters. The van der Waals surface area contributed by atoms with Gasteiger partial charge >= 0.3 is 0 Å². The molecule has 0 spiro atoms. The van der Waals surface area contributed by atoms with Gasteiger partial charge in [0.15, 0.2) is 0 Å². The predicted molar refractivity (Wildman–Crippen MR) is 222 cm³/mol. The number of allylic oxidation sites excluding steroid dienone is 8. The Morgan fingerprint density at radius 1 is 0.750 bits per heavy atom. The maximum Gasteiger partial charge on any atom is 0.0595 e. The Balaban J connectivity index is 1.11. The number of hydrogen-bond acceptors (Lipinski definition) is 2. The highest BCUT2D eigenvalue weighted by Crippen LogP contribution is 2.58. The Labute approximate surface area is 313 Å². The van der Waals surface area contributed by atoms with Crippen molar-refractivity contribution in [3.8, 4) is 0 Å². The minimum Gasteiger partial charge on any atom is -0.337 e. The smallest absolute Gasteiger partial charge is 0.0595 e. The van der Waals surface area contributed by atoms with E-state index in [0.29, 0.717) is 12.0 Å². The van der Waals surface area contributed by atoms with Crippen molar-refractivity contribution in [3.63, 3.8) is 0 Å². The topological polar surface area (TPSA) is 3.24 Å². The number of anilines is 2. The Morgan fingerprint density at radius 2 is 1.60 bits per heavy atom. The van der Waals surface area contributed by atoms with E-state index in [1.807, 2.05) is 11.3 Å². The van der Waals surface area contributed by atoms with E-state index in [-0.39, 0.29) is 0 Å². The Hall–Kier alpha value is -4.58. The van der Waals surface area contributed by atoms with E-state index in [9.17, 15) is 0 Å².